The predicted octanol–water partition coefficient (Wildman–Crippen LogP) is 4.78. The van der Waals surface area contributed by atoms with Crippen LogP contribution in [0, 0.1) is 19.3 Å². The fourth-order valence-corrected chi connectivity index (χ4v) is 5.84. The van der Waals surface area contributed by atoms with Crippen LogP contribution in [0.3, 0.4) is 0 Å². The number of hydrogen-bond donors (Lipinski definition) is 2. The van der Waals surface area contributed by atoms with Gasteiger partial charge < -0.3 is 15.2 Å². The van der Waals surface area contributed by atoms with Gasteiger partial charge in [-0.05, 0) is 73.4 Å². The standard InChI is InChI=1S/C25H25ClN3O3S/c1-14-19(24-20-9-17(26)4-3-16(20)6-7-32-24)10-22(33-14)23(31)21-11-27-13-28-25(21)29-18-5-2-15(8-18)12-30/h2-4,9-11,13,15,18,24,30H,5-8,12H2,1H3,(H,27,28,29)/t15-,18-,24+/m1/s1. The quantitative estimate of drug-likeness (QED) is 0.492. The van der Waals surface area contributed by atoms with E-state index in [0.717, 1.165) is 35.3 Å². The highest BCUT2D eigenvalue weighted by atomic mass is 35.5. The number of nitrogens with one attached hydrogen (secondary N) is 1. The van der Waals surface area contributed by atoms with Crippen molar-refractivity contribution in [2.24, 2.45) is 5.92 Å². The Bertz CT molecular complexity index is 1180. The van der Waals surface area contributed by atoms with Crippen LogP contribution in [0.1, 0.15) is 55.7 Å². The largest absolute Gasteiger partial charge is 0.396 e. The molecule has 1 aromatic carbocycles. The fraction of sp³-hybridized carbons (Fsp3) is 0.360. The van der Waals surface area contributed by atoms with E-state index in [4.69, 9.17) is 16.3 Å². The first-order valence-corrected chi connectivity index (χ1v) is 12.3. The lowest BCUT2D eigenvalue weighted by Crippen LogP contribution is -2.19. The van der Waals surface area contributed by atoms with Crippen LogP contribution in [0.5, 0.6) is 0 Å². The highest BCUT2D eigenvalue weighted by Gasteiger charge is 2.29. The van der Waals surface area contributed by atoms with E-state index in [1.54, 1.807) is 6.20 Å². The Morgan fingerprint density at radius 1 is 1.33 bits per heavy atom. The number of aliphatic hydroxyl groups is 1. The average molecular weight is 483 g/mol. The summed E-state index contributed by atoms with van der Waals surface area (Å²) >= 11 is 7.73. The molecule has 2 aliphatic rings. The molecule has 3 aromatic rings. The topological polar surface area (TPSA) is 84.3 Å². The molecule has 0 amide bonds. The van der Waals surface area contributed by atoms with Crippen molar-refractivity contribution in [2.75, 3.05) is 18.5 Å². The maximum Gasteiger partial charge on any atom is 0.208 e. The molecule has 171 valence electrons. The molecule has 33 heavy (non-hydrogen) atoms. The summed E-state index contributed by atoms with van der Waals surface area (Å²) in [6.07, 6.45) is 7.39. The fourth-order valence-electron chi connectivity index (χ4n) is 4.66. The molecule has 1 fully saturated rings. The minimum absolute atomic E-state index is 0.111. The van der Waals surface area contributed by atoms with Crippen LogP contribution in [-0.2, 0) is 11.2 Å². The van der Waals surface area contributed by atoms with E-state index < -0.39 is 0 Å². The number of benzene rings is 1. The number of hydrogen-bond acceptors (Lipinski definition) is 7. The highest BCUT2D eigenvalue weighted by molar-refractivity contribution is 7.14. The van der Waals surface area contributed by atoms with Gasteiger partial charge in [-0.15, -0.1) is 11.3 Å². The van der Waals surface area contributed by atoms with E-state index in [1.807, 2.05) is 25.1 Å². The molecule has 2 N–H and O–H groups in total. The lowest BCUT2D eigenvalue weighted by atomic mass is 9.93. The summed E-state index contributed by atoms with van der Waals surface area (Å²) in [5.74, 6) is 0.601. The van der Waals surface area contributed by atoms with Gasteiger partial charge in [0.15, 0.2) is 0 Å². The Morgan fingerprint density at radius 2 is 2.21 bits per heavy atom. The van der Waals surface area contributed by atoms with Crippen molar-refractivity contribution in [3.05, 3.63) is 80.2 Å². The molecule has 1 aliphatic carbocycles. The molecule has 6 nitrogen and oxygen atoms in total. The Balaban J connectivity index is 1.42. The molecular weight excluding hydrogens is 458 g/mol. The summed E-state index contributed by atoms with van der Waals surface area (Å²) in [5, 5.41) is 13.5. The maximum atomic E-state index is 13.5. The predicted molar refractivity (Wildman–Crippen MR) is 129 cm³/mol. The van der Waals surface area contributed by atoms with Gasteiger partial charge in [0.1, 0.15) is 18.2 Å². The summed E-state index contributed by atoms with van der Waals surface area (Å²) in [4.78, 5) is 23.6. The summed E-state index contributed by atoms with van der Waals surface area (Å²) in [6.45, 7) is 2.79. The second-order valence-electron chi connectivity index (χ2n) is 8.57. The number of aromatic nitrogens is 2. The summed E-state index contributed by atoms with van der Waals surface area (Å²) in [5.41, 5.74) is 3.74. The van der Waals surface area contributed by atoms with E-state index in [0.29, 0.717) is 27.9 Å². The number of anilines is 1. The van der Waals surface area contributed by atoms with Gasteiger partial charge in [0.25, 0.3) is 0 Å². The zero-order chi connectivity index (χ0) is 22.9. The van der Waals surface area contributed by atoms with E-state index in [-0.39, 0.29) is 30.5 Å². The summed E-state index contributed by atoms with van der Waals surface area (Å²) in [6, 6.07) is 8.01. The minimum atomic E-state index is -0.237. The molecule has 1 radical (unpaired) electrons. The van der Waals surface area contributed by atoms with Crippen LogP contribution < -0.4 is 5.32 Å². The van der Waals surface area contributed by atoms with Gasteiger partial charge in [-0.25, -0.2) is 9.97 Å². The molecule has 1 saturated carbocycles. The van der Waals surface area contributed by atoms with Crippen LogP contribution in [0.2, 0.25) is 5.02 Å². The van der Waals surface area contributed by atoms with Crippen molar-refractivity contribution in [1.29, 1.82) is 0 Å². The Labute approximate surface area is 202 Å². The van der Waals surface area contributed by atoms with Gasteiger partial charge in [0.2, 0.25) is 5.78 Å². The molecule has 0 unspecified atom stereocenters. The SMILES string of the molecule is Cc1sc(C(=O)c2cncnc2N[C@@H]2C[CH][C@@H](CO)C2)cc1[C@@H]1OCCc2ccc(Cl)cc21. The monoisotopic (exact) mass is 482 g/mol. The van der Waals surface area contributed by atoms with E-state index in [9.17, 15) is 9.90 Å². The second kappa shape index (κ2) is 9.50. The number of aliphatic hydroxyl groups excluding tert-OH is 1. The van der Waals surface area contributed by atoms with E-state index >= 15 is 0 Å². The number of carbonyl (C=O) groups excluding carboxylic acids is 1. The number of aryl methyl sites for hydroxylation is 1. The van der Waals surface area contributed by atoms with Crippen LogP contribution >= 0.6 is 22.9 Å². The molecule has 0 bridgehead atoms. The molecule has 0 spiro atoms. The number of nitrogens with zero attached hydrogens (tertiary/aromatic N) is 2. The molecule has 8 heteroatoms. The highest BCUT2D eigenvalue weighted by Crippen LogP contribution is 2.39. The number of halogens is 1. The summed E-state index contributed by atoms with van der Waals surface area (Å²) in [7, 11) is 0. The van der Waals surface area contributed by atoms with Crippen molar-refractivity contribution < 1.29 is 14.6 Å². The average Bonchev–Trinajstić information content (AvgIpc) is 3.45. The van der Waals surface area contributed by atoms with Crippen molar-refractivity contribution in [3.8, 4) is 0 Å². The zero-order valence-electron chi connectivity index (χ0n) is 18.3. The second-order valence-corrected chi connectivity index (χ2v) is 10.3. The molecule has 5 rings (SSSR count). The third-order valence-corrected chi connectivity index (χ3v) is 7.68. The number of fused-ring (bicyclic) bond motifs is 1. The van der Waals surface area contributed by atoms with Gasteiger partial charge in [0, 0.05) is 28.7 Å². The Kier molecular flexibility index (Phi) is 6.47. The van der Waals surface area contributed by atoms with Gasteiger partial charge in [-0.2, -0.15) is 0 Å². The molecule has 3 heterocycles. The van der Waals surface area contributed by atoms with Crippen LogP contribution in [-0.4, -0.2) is 40.1 Å². The molecular formula is C25H25ClN3O3S. The number of rotatable bonds is 6. The van der Waals surface area contributed by atoms with Gasteiger partial charge in [-0.3, -0.25) is 4.79 Å². The number of ketones is 1. The number of ether oxygens (including phenoxy) is 1. The molecule has 1 aliphatic heterocycles. The smallest absolute Gasteiger partial charge is 0.208 e. The van der Waals surface area contributed by atoms with Crippen molar-refractivity contribution in [1.82, 2.24) is 9.97 Å². The molecule has 3 atom stereocenters. The van der Waals surface area contributed by atoms with Crippen molar-refractivity contribution in [2.45, 2.75) is 38.3 Å². The number of carbonyl (C=O) groups is 1. The lowest BCUT2D eigenvalue weighted by Gasteiger charge is -2.26. The van der Waals surface area contributed by atoms with E-state index in [2.05, 4.69) is 27.8 Å². The van der Waals surface area contributed by atoms with Crippen LogP contribution in [0.15, 0.2) is 36.8 Å². The van der Waals surface area contributed by atoms with Crippen molar-refractivity contribution in [3.63, 3.8) is 0 Å². The first kappa shape index (κ1) is 22.5. The normalized spacial score (nSPS) is 22.2. The first-order chi connectivity index (χ1) is 16.0. The third-order valence-electron chi connectivity index (χ3n) is 6.38. The molecule has 2 aromatic heterocycles. The first-order valence-electron chi connectivity index (χ1n) is 11.1. The van der Waals surface area contributed by atoms with Gasteiger partial charge in [-0.1, -0.05) is 17.7 Å². The van der Waals surface area contributed by atoms with E-state index in [1.165, 1.54) is 23.2 Å². The summed E-state index contributed by atoms with van der Waals surface area (Å²) < 4.78 is 6.13. The van der Waals surface area contributed by atoms with Gasteiger partial charge in [0.05, 0.1) is 17.0 Å². The maximum absolute atomic E-state index is 13.5. The van der Waals surface area contributed by atoms with Crippen LogP contribution in [0.4, 0.5) is 5.82 Å². The van der Waals surface area contributed by atoms with Crippen LogP contribution in [0.25, 0.3) is 0 Å². The Morgan fingerprint density at radius 3 is 3.03 bits per heavy atom. The zero-order valence-corrected chi connectivity index (χ0v) is 19.8. The third kappa shape index (κ3) is 4.55. The lowest BCUT2D eigenvalue weighted by molar-refractivity contribution is 0.0697. The van der Waals surface area contributed by atoms with Crippen molar-refractivity contribution >= 4 is 34.5 Å². The van der Waals surface area contributed by atoms with Gasteiger partial charge >= 0.3 is 0 Å². The number of thiophene rings is 1. The Hall–Kier alpha value is -2.32. The molecule has 0 saturated heterocycles. The minimum Gasteiger partial charge on any atom is -0.396 e.